The van der Waals surface area contributed by atoms with E-state index in [1.165, 1.54) is 6.92 Å². The molecule has 0 aliphatic heterocycles. The number of H-pyrrole nitrogens is 1. The molecule has 94 valence electrons. The number of aromatic nitrogens is 3. The molecule has 0 aliphatic rings. The third kappa shape index (κ3) is 2.65. The summed E-state index contributed by atoms with van der Waals surface area (Å²) < 4.78 is 7.15. The van der Waals surface area contributed by atoms with E-state index in [1.807, 2.05) is 24.3 Å². The molecule has 6 heteroatoms. The average molecular weight is 263 g/mol. The number of carbonyl (C=O) groups is 1. The Labute approximate surface area is 109 Å². The number of benzene rings is 1. The first kappa shape index (κ1) is 12.5. The molecule has 0 saturated carbocycles. The van der Waals surface area contributed by atoms with Gasteiger partial charge in [-0.15, -0.1) is 0 Å². The summed E-state index contributed by atoms with van der Waals surface area (Å²) in [6.45, 7) is 1.52. The zero-order valence-electron chi connectivity index (χ0n) is 10.1. The van der Waals surface area contributed by atoms with Gasteiger partial charge in [0.2, 0.25) is 4.77 Å². The molecule has 18 heavy (non-hydrogen) atoms. The third-order valence-electron chi connectivity index (χ3n) is 2.41. The number of rotatable bonds is 4. The largest absolute Gasteiger partial charge is 0.497 e. The number of Topliss-reactive ketones (excluding diaryl/α,β-unsaturated/α-hetero) is 1. The van der Waals surface area contributed by atoms with Gasteiger partial charge in [0.25, 0.3) is 0 Å². The van der Waals surface area contributed by atoms with Gasteiger partial charge >= 0.3 is 0 Å². The van der Waals surface area contributed by atoms with Crippen LogP contribution in [0.3, 0.4) is 0 Å². The second-order valence-corrected chi connectivity index (χ2v) is 4.23. The molecule has 0 unspecified atom stereocenters. The van der Waals surface area contributed by atoms with Crippen LogP contribution in [-0.2, 0) is 11.2 Å². The zero-order valence-corrected chi connectivity index (χ0v) is 11.0. The lowest BCUT2D eigenvalue weighted by molar-refractivity contribution is -0.116. The molecular weight excluding hydrogens is 250 g/mol. The molecule has 0 fully saturated rings. The minimum atomic E-state index is 0.0423. The Bertz CT molecular complexity index is 613. The Balaban J connectivity index is 2.34. The Morgan fingerprint density at radius 2 is 2.11 bits per heavy atom. The van der Waals surface area contributed by atoms with Crippen molar-refractivity contribution in [1.29, 1.82) is 0 Å². The lowest BCUT2D eigenvalue weighted by atomic mass is 10.3. The average Bonchev–Trinajstić information content (AvgIpc) is 2.69. The Hall–Kier alpha value is -1.95. The number of ether oxygens (including phenoxy) is 1. The molecule has 0 radical (unpaired) electrons. The lowest BCUT2D eigenvalue weighted by Gasteiger charge is -2.03. The zero-order chi connectivity index (χ0) is 13.1. The number of hydrogen-bond donors (Lipinski definition) is 1. The number of nitrogens with one attached hydrogen (secondary N) is 1. The summed E-state index contributed by atoms with van der Waals surface area (Å²) >= 11 is 5.15. The third-order valence-corrected chi connectivity index (χ3v) is 2.68. The van der Waals surface area contributed by atoms with Crippen LogP contribution in [0.15, 0.2) is 24.3 Å². The van der Waals surface area contributed by atoms with E-state index in [9.17, 15) is 4.79 Å². The molecule has 0 atom stereocenters. The highest BCUT2D eigenvalue weighted by Gasteiger charge is 2.06. The summed E-state index contributed by atoms with van der Waals surface area (Å²) in [5, 5.41) is 3.01. The van der Waals surface area contributed by atoms with E-state index >= 15 is 0 Å². The predicted molar refractivity (Wildman–Crippen MR) is 69.7 cm³/mol. The van der Waals surface area contributed by atoms with Crippen LogP contribution in [0.25, 0.3) is 5.69 Å². The number of ketones is 1. The van der Waals surface area contributed by atoms with Crippen LogP contribution in [0.4, 0.5) is 0 Å². The summed E-state index contributed by atoms with van der Waals surface area (Å²) in [5.41, 5.74) is 0.850. The van der Waals surface area contributed by atoms with Gasteiger partial charge < -0.3 is 4.74 Å². The maximum absolute atomic E-state index is 11.0. The van der Waals surface area contributed by atoms with Gasteiger partial charge in [-0.1, -0.05) is 0 Å². The van der Waals surface area contributed by atoms with Crippen molar-refractivity contribution in [3.63, 3.8) is 0 Å². The maximum Gasteiger partial charge on any atom is 0.220 e. The van der Waals surface area contributed by atoms with E-state index in [-0.39, 0.29) is 12.2 Å². The highest BCUT2D eigenvalue weighted by molar-refractivity contribution is 7.71. The summed E-state index contributed by atoms with van der Waals surface area (Å²) in [6, 6.07) is 7.40. The molecule has 2 aromatic rings. The van der Waals surface area contributed by atoms with E-state index < -0.39 is 0 Å². The number of nitrogens with zero attached hydrogens (tertiary/aromatic N) is 2. The first-order chi connectivity index (χ1) is 8.60. The normalized spacial score (nSPS) is 10.3. The van der Waals surface area contributed by atoms with E-state index in [1.54, 1.807) is 11.8 Å². The molecule has 1 heterocycles. The Kier molecular flexibility index (Phi) is 3.57. The van der Waals surface area contributed by atoms with Gasteiger partial charge in [-0.3, -0.25) is 9.89 Å². The van der Waals surface area contributed by atoms with Crippen molar-refractivity contribution in [3.05, 3.63) is 34.9 Å². The quantitative estimate of drug-likeness (QED) is 0.858. The molecule has 1 aromatic heterocycles. The molecule has 0 aliphatic carbocycles. The molecule has 2 rings (SSSR count). The minimum absolute atomic E-state index is 0.0423. The highest BCUT2D eigenvalue weighted by atomic mass is 32.1. The topological polar surface area (TPSA) is 59.9 Å². The van der Waals surface area contributed by atoms with Gasteiger partial charge in [0, 0.05) is 0 Å². The van der Waals surface area contributed by atoms with Crippen LogP contribution in [0.5, 0.6) is 5.75 Å². The Morgan fingerprint density at radius 1 is 1.44 bits per heavy atom. The van der Waals surface area contributed by atoms with Crippen LogP contribution >= 0.6 is 12.2 Å². The smallest absolute Gasteiger partial charge is 0.220 e. The van der Waals surface area contributed by atoms with Crippen LogP contribution < -0.4 is 4.74 Å². The van der Waals surface area contributed by atoms with Crippen molar-refractivity contribution in [2.75, 3.05) is 7.11 Å². The fraction of sp³-hybridized carbons (Fsp3) is 0.250. The van der Waals surface area contributed by atoms with Gasteiger partial charge in [0.1, 0.15) is 17.4 Å². The minimum Gasteiger partial charge on any atom is -0.497 e. The molecule has 0 bridgehead atoms. The highest BCUT2D eigenvalue weighted by Crippen LogP contribution is 2.14. The number of aromatic amines is 1. The van der Waals surface area contributed by atoms with Crippen molar-refractivity contribution in [2.45, 2.75) is 13.3 Å². The van der Waals surface area contributed by atoms with Crippen molar-refractivity contribution in [3.8, 4) is 11.4 Å². The molecule has 1 N–H and O–H groups in total. The Morgan fingerprint density at radius 3 is 2.67 bits per heavy atom. The fourth-order valence-electron chi connectivity index (χ4n) is 1.59. The van der Waals surface area contributed by atoms with Gasteiger partial charge in [-0.05, 0) is 43.4 Å². The fourth-order valence-corrected chi connectivity index (χ4v) is 1.85. The number of carbonyl (C=O) groups excluding carboxylic acids is 1. The molecule has 0 amide bonds. The second-order valence-electron chi connectivity index (χ2n) is 3.87. The first-order valence-corrected chi connectivity index (χ1v) is 5.83. The van der Waals surface area contributed by atoms with Crippen LogP contribution in [-0.4, -0.2) is 27.7 Å². The number of methoxy groups -OCH3 is 1. The van der Waals surface area contributed by atoms with Crippen LogP contribution in [0.2, 0.25) is 0 Å². The van der Waals surface area contributed by atoms with E-state index in [0.29, 0.717) is 10.6 Å². The molecule has 1 aromatic carbocycles. The van der Waals surface area contributed by atoms with Crippen molar-refractivity contribution >= 4 is 18.0 Å². The monoisotopic (exact) mass is 263 g/mol. The lowest BCUT2D eigenvalue weighted by Crippen LogP contribution is -2.01. The van der Waals surface area contributed by atoms with Crippen LogP contribution in [0.1, 0.15) is 12.7 Å². The van der Waals surface area contributed by atoms with Gasteiger partial charge in [0.15, 0.2) is 0 Å². The van der Waals surface area contributed by atoms with E-state index in [2.05, 4.69) is 10.1 Å². The standard InChI is InChI=1S/C12H13N3O2S/c1-8(16)7-11-13-12(18)15(14-11)9-3-5-10(17-2)6-4-9/h3-6H,7H2,1-2H3,(H,13,14,18). The number of hydrogen-bond acceptors (Lipinski definition) is 4. The molecule has 0 spiro atoms. The summed E-state index contributed by atoms with van der Waals surface area (Å²) in [7, 11) is 1.61. The SMILES string of the molecule is COc1ccc(-n2[nH]c(CC(C)=O)nc2=S)cc1. The van der Waals surface area contributed by atoms with Crippen molar-refractivity contribution in [1.82, 2.24) is 14.8 Å². The molecule has 5 nitrogen and oxygen atoms in total. The van der Waals surface area contributed by atoms with E-state index in [0.717, 1.165) is 11.4 Å². The molecule has 0 saturated heterocycles. The summed E-state index contributed by atoms with van der Waals surface area (Å²) in [4.78, 5) is 15.2. The maximum atomic E-state index is 11.0. The summed E-state index contributed by atoms with van der Waals surface area (Å²) in [5.74, 6) is 1.39. The second kappa shape index (κ2) is 5.14. The van der Waals surface area contributed by atoms with Crippen molar-refractivity contribution in [2.24, 2.45) is 0 Å². The van der Waals surface area contributed by atoms with Crippen LogP contribution in [0, 0.1) is 4.77 Å². The van der Waals surface area contributed by atoms with Crippen molar-refractivity contribution < 1.29 is 9.53 Å². The molecular formula is C12H13N3O2S. The first-order valence-electron chi connectivity index (χ1n) is 5.42. The van der Waals surface area contributed by atoms with Gasteiger partial charge in [0.05, 0.1) is 19.2 Å². The van der Waals surface area contributed by atoms with E-state index in [4.69, 9.17) is 17.0 Å². The van der Waals surface area contributed by atoms with Gasteiger partial charge in [-0.2, -0.15) is 0 Å². The van der Waals surface area contributed by atoms with Gasteiger partial charge in [-0.25, -0.2) is 9.67 Å². The summed E-state index contributed by atoms with van der Waals surface area (Å²) in [6.07, 6.45) is 0.257. The predicted octanol–water partition coefficient (Wildman–Crippen LogP) is 2.07.